The van der Waals surface area contributed by atoms with E-state index in [1.165, 1.54) is 57.8 Å². The van der Waals surface area contributed by atoms with Crippen molar-refractivity contribution in [2.24, 2.45) is 52.3 Å². The van der Waals surface area contributed by atoms with E-state index in [0.29, 0.717) is 10.8 Å². The molecule has 0 aromatic rings. The fourth-order valence-electron chi connectivity index (χ4n) is 9.15. The number of aliphatic hydroxyl groups is 1. The van der Waals surface area contributed by atoms with Gasteiger partial charge in [0.1, 0.15) is 12.4 Å². The van der Waals surface area contributed by atoms with Crippen molar-refractivity contribution in [2.75, 3.05) is 0 Å². The first-order valence-electron chi connectivity index (χ1n) is 13.5. The molecule has 0 bridgehead atoms. The van der Waals surface area contributed by atoms with E-state index < -0.39 is 6.10 Å². The maximum Gasteiger partial charge on any atom is 0.149 e. The normalized spacial score (nSPS) is 44.1. The van der Waals surface area contributed by atoms with Crippen molar-refractivity contribution in [1.29, 1.82) is 0 Å². The van der Waals surface area contributed by atoms with Gasteiger partial charge in [-0.2, -0.15) is 0 Å². The Morgan fingerprint density at radius 3 is 2.52 bits per heavy atom. The lowest BCUT2D eigenvalue weighted by Gasteiger charge is -2.59. The van der Waals surface area contributed by atoms with Crippen LogP contribution in [-0.4, -0.2) is 17.5 Å². The van der Waals surface area contributed by atoms with Crippen LogP contribution in [0.15, 0.2) is 11.6 Å². The molecule has 0 aliphatic heterocycles. The minimum absolute atomic E-state index is 0.0496. The summed E-state index contributed by atoms with van der Waals surface area (Å²) in [5.41, 5.74) is 2.44. The first-order chi connectivity index (χ1) is 14.7. The lowest BCUT2D eigenvalue weighted by molar-refractivity contribution is -0.117. The highest BCUT2D eigenvalue weighted by Gasteiger charge is 2.59. The number of aliphatic hydroxyl groups excluding tert-OH is 1. The molecule has 31 heavy (non-hydrogen) atoms. The van der Waals surface area contributed by atoms with Crippen LogP contribution < -0.4 is 0 Å². The molecule has 0 aromatic carbocycles. The van der Waals surface area contributed by atoms with Gasteiger partial charge in [0.05, 0.1) is 0 Å². The standard InChI is InChI=1S/C29H48O2/c1-19(2)7-6-8-20(3)24-11-12-25-23-10-9-22-17-21(27(31)18-30)13-15-28(22,4)26(23)14-16-29(24,25)5/h17-21,23-27,31H,6-16H2,1-5H3/t20-,21?,23+,24-,25+,26+,27?,28+,29-/m1/s1. The van der Waals surface area contributed by atoms with Crippen molar-refractivity contribution in [3.63, 3.8) is 0 Å². The van der Waals surface area contributed by atoms with Crippen LogP contribution in [0.2, 0.25) is 0 Å². The molecule has 0 radical (unpaired) electrons. The van der Waals surface area contributed by atoms with E-state index >= 15 is 0 Å². The molecule has 4 rings (SSSR count). The van der Waals surface area contributed by atoms with Gasteiger partial charge in [-0.15, -0.1) is 0 Å². The highest BCUT2D eigenvalue weighted by molar-refractivity contribution is 5.57. The SMILES string of the molecule is CC(C)CCC[C@@H](C)[C@H]1CC[C@H]2[C@@H]3CCC4=CC(C(O)C=O)CC[C@]4(C)[C@H]3CC[C@]12C. The third-order valence-electron chi connectivity index (χ3n) is 10.9. The van der Waals surface area contributed by atoms with Crippen LogP contribution in [-0.2, 0) is 4.79 Å². The van der Waals surface area contributed by atoms with Gasteiger partial charge in [-0.3, -0.25) is 0 Å². The van der Waals surface area contributed by atoms with E-state index in [1.807, 2.05) is 0 Å². The minimum Gasteiger partial charge on any atom is -0.385 e. The molecule has 2 heteroatoms. The van der Waals surface area contributed by atoms with Gasteiger partial charge in [-0.1, -0.05) is 65.5 Å². The minimum atomic E-state index is -0.808. The van der Waals surface area contributed by atoms with Crippen molar-refractivity contribution < 1.29 is 9.90 Å². The summed E-state index contributed by atoms with van der Waals surface area (Å²) in [6.07, 6.45) is 16.9. The van der Waals surface area contributed by atoms with E-state index in [-0.39, 0.29) is 5.92 Å². The van der Waals surface area contributed by atoms with Gasteiger partial charge >= 0.3 is 0 Å². The number of rotatable bonds is 7. The molecule has 4 aliphatic carbocycles. The average molecular weight is 429 g/mol. The zero-order valence-electron chi connectivity index (χ0n) is 20.9. The highest BCUT2D eigenvalue weighted by atomic mass is 16.3. The molecular formula is C29H48O2. The van der Waals surface area contributed by atoms with Crippen LogP contribution >= 0.6 is 0 Å². The van der Waals surface area contributed by atoms with E-state index in [9.17, 15) is 9.90 Å². The fourth-order valence-corrected chi connectivity index (χ4v) is 9.15. The maximum atomic E-state index is 11.1. The summed E-state index contributed by atoms with van der Waals surface area (Å²) in [5, 5.41) is 10.1. The molecule has 0 spiro atoms. The third-order valence-corrected chi connectivity index (χ3v) is 10.9. The number of carbonyl (C=O) groups excluding carboxylic acids is 1. The smallest absolute Gasteiger partial charge is 0.149 e. The molecule has 1 N–H and O–H groups in total. The van der Waals surface area contributed by atoms with Crippen molar-refractivity contribution in [3.8, 4) is 0 Å². The van der Waals surface area contributed by atoms with Crippen LogP contribution in [0.1, 0.15) is 105 Å². The Morgan fingerprint density at radius 2 is 1.81 bits per heavy atom. The fraction of sp³-hybridized carbons (Fsp3) is 0.897. The Morgan fingerprint density at radius 1 is 1.03 bits per heavy atom. The Hall–Kier alpha value is -0.630. The molecule has 3 saturated carbocycles. The lowest BCUT2D eigenvalue weighted by atomic mass is 9.46. The molecule has 4 aliphatic rings. The first-order valence-corrected chi connectivity index (χ1v) is 13.5. The predicted octanol–water partition coefficient (Wildman–Crippen LogP) is 7.20. The van der Waals surface area contributed by atoms with Crippen molar-refractivity contribution in [1.82, 2.24) is 0 Å². The van der Waals surface area contributed by atoms with Gasteiger partial charge in [0.25, 0.3) is 0 Å². The zero-order chi connectivity index (χ0) is 22.4. The van der Waals surface area contributed by atoms with E-state index in [1.54, 1.807) is 5.57 Å². The summed E-state index contributed by atoms with van der Waals surface area (Å²) in [6.45, 7) is 12.5. The van der Waals surface area contributed by atoms with Gasteiger partial charge in [0, 0.05) is 5.92 Å². The number of carbonyl (C=O) groups is 1. The van der Waals surface area contributed by atoms with Crippen LogP contribution in [0.5, 0.6) is 0 Å². The van der Waals surface area contributed by atoms with Gasteiger partial charge in [-0.05, 0) is 97.7 Å². The average Bonchev–Trinajstić information content (AvgIpc) is 3.09. The quantitative estimate of drug-likeness (QED) is 0.344. The number of hydrogen-bond donors (Lipinski definition) is 1. The monoisotopic (exact) mass is 428 g/mol. The molecule has 3 fully saturated rings. The van der Waals surface area contributed by atoms with Gasteiger partial charge < -0.3 is 9.90 Å². The summed E-state index contributed by atoms with van der Waals surface area (Å²) in [6, 6.07) is 0. The van der Waals surface area contributed by atoms with E-state index in [4.69, 9.17) is 0 Å². The van der Waals surface area contributed by atoms with Crippen LogP contribution in [0, 0.1) is 52.3 Å². The predicted molar refractivity (Wildman–Crippen MR) is 129 cm³/mol. The van der Waals surface area contributed by atoms with E-state index in [2.05, 4.69) is 40.7 Å². The van der Waals surface area contributed by atoms with Crippen LogP contribution in [0.3, 0.4) is 0 Å². The number of fused-ring (bicyclic) bond motifs is 5. The Balaban J connectivity index is 1.48. The second kappa shape index (κ2) is 8.96. The van der Waals surface area contributed by atoms with Crippen molar-refractivity contribution in [3.05, 3.63) is 11.6 Å². The maximum absolute atomic E-state index is 11.1. The summed E-state index contributed by atoms with van der Waals surface area (Å²) < 4.78 is 0. The summed E-state index contributed by atoms with van der Waals surface area (Å²) in [7, 11) is 0. The molecule has 0 heterocycles. The molecule has 9 atom stereocenters. The lowest BCUT2D eigenvalue weighted by Crippen LogP contribution is -2.51. The van der Waals surface area contributed by atoms with E-state index in [0.717, 1.165) is 54.6 Å². The molecule has 2 nitrogen and oxygen atoms in total. The second-order valence-corrected chi connectivity index (χ2v) is 12.9. The molecular weight excluding hydrogens is 380 g/mol. The molecule has 0 aromatic heterocycles. The van der Waals surface area contributed by atoms with Gasteiger partial charge in [-0.25, -0.2) is 0 Å². The van der Waals surface area contributed by atoms with Crippen molar-refractivity contribution >= 4 is 6.29 Å². The first kappa shape index (κ1) is 23.5. The Labute approximate surface area is 191 Å². The summed E-state index contributed by atoms with van der Waals surface area (Å²) in [4.78, 5) is 11.1. The topological polar surface area (TPSA) is 37.3 Å². The Bertz CT molecular complexity index is 680. The van der Waals surface area contributed by atoms with Crippen LogP contribution in [0.4, 0.5) is 0 Å². The second-order valence-electron chi connectivity index (χ2n) is 12.9. The third kappa shape index (κ3) is 4.09. The molecule has 2 unspecified atom stereocenters. The summed E-state index contributed by atoms with van der Waals surface area (Å²) >= 11 is 0. The van der Waals surface area contributed by atoms with Crippen LogP contribution in [0.25, 0.3) is 0 Å². The summed E-state index contributed by atoms with van der Waals surface area (Å²) in [5.74, 6) is 5.31. The molecule has 0 amide bonds. The largest absolute Gasteiger partial charge is 0.385 e. The molecule has 0 saturated heterocycles. The van der Waals surface area contributed by atoms with Gasteiger partial charge in [0.15, 0.2) is 0 Å². The number of aldehydes is 1. The molecule has 176 valence electrons. The Kier molecular flexibility index (Phi) is 6.80. The highest BCUT2D eigenvalue weighted by Crippen LogP contribution is 2.68. The number of hydrogen-bond acceptors (Lipinski definition) is 2. The van der Waals surface area contributed by atoms with Gasteiger partial charge in [0.2, 0.25) is 0 Å². The zero-order valence-corrected chi connectivity index (χ0v) is 20.9. The number of allylic oxidation sites excluding steroid dienone is 1. The van der Waals surface area contributed by atoms with Crippen molar-refractivity contribution in [2.45, 2.75) is 111 Å².